The molecular weight excluding hydrogens is 280 g/mol. The number of aromatic nitrogens is 2. The predicted octanol–water partition coefficient (Wildman–Crippen LogP) is 2.62. The van der Waals surface area contributed by atoms with Crippen LogP contribution < -0.4 is 4.90 Å². The Morgan fingerprint density at radius 1 is 1.27 bits per heavy atom. The highest BCUT2D eigenvalue weighted by molar-refractivity contribution is 5.68. The molecule has 0 spiro atoms. The number of nitrogens with zero attached hydrogens (tertiary/aromatic N) is 4. The van der Waals surface area contributed by atoms with E-state index in [0.717, 1.165) is 37.4 Å². The number of rotatable bonds is 2. The van der Waals surface area contributed by atoms with Crippen LogP contribution in [0.15, 0.2) is 12.1 Å². The van der Waals surface area contributed by atoms with Crippen LogP contribution in [0.1, 0.15) is 39.3 Å². The monoisotopic (exact) mass is 306 g/mol. The van der Waals surface area contributed by atoms with Gasteiger partial charge in [0.1, 0.15) is 5.60 Å². The molecule has 2 rings (SSSR count). The Balaban J connectivity index is 1.88. The summed E-state index contributed by atoms with van der Waals surface area (Å²) < 4.78 is 5.43. The minimum Gasteiger partial charge on any atom is -0.444 e. The average Bonchev–Trinajstić information content (AvgIpc) is 2.46. The van der Waals surface area contributed by atoms with Crippen LogP contribution in [0.5, 0.6) is 0 Å². The molecule has 22 heavy (non-hydrogen) atoms. The van der Waals surface area contributed by atoms with Crippen LogP contribution in [0.2, 0.25) is 0 Å². The number of carbonyl (C=O) groups is 1. The number of hydrogen-bond donors (Lipinski definition) is 0. The molecule has 0 unspecified atom stereocenters. The van der Waals surface area contributed by atoms with Gasteiger partial charge in [0.25, 0.3) is 0 Å². The molecule has 6 nitrogen and oxygen atoms in total. The van der Waals surface area contributed by atoms with Crippen molar-refractivity contribution in [3.63, 3.8) is 0 Å². The zero-order chi connectivity index (χ0) is 16.3. The maximum Gasteiger partial charge on any atom is 0.410 e. The molecule has 0 atom stereocenters. The maximum atomic E-state index is 12.1. The van der Waals surface area contributed by atoms with Crippen molar-refractivity contribution < 1.29 is 9.53 Å². The zero-order valence-corrected chi connectivity index (χ0v) is 14.2. The van der Waals surface area contributed by atoms with Crippen molar-refractivity contribution in [2.45, 2.75) is 52.2 Å². The molecule has 1 aliphatic heterocycles. The van der Waals surface area contributed by atoms with Gasteiger partial charge in [-0.15, -0.1) is 5.10 Å². The van der Waals surface area contributed by atoms with Crippen molar-refractivity contribution in [1.29, 1.82) is 0 Å². The van der Waals surface area contributed by atoms with Gasteiger partial charge in [0.05, 0.1) is 5.69 Å². The molecule has 0 N–H and O–H groups in total. The number of amides is 1. The van der Waals surface area contributed by atoms with E-state index in [0.29, 0.717) is 0 Å². The summed E-state index contributed by atoms with van der Waals surface area (Å²) in [5, 5.41) is 8.33. The van der Waals surface area contributed by atoms with Crippen molar-refractivity contribution in [1.82, 2.24) is 15.1 Å². The Labute approximate surface area is 132 Å². The van der Waals surface area contributed by atoms with Gasteiger partial charge < -0.3 is 14.5 Å². The normalized spacial score (nSPS) is 16.5. The SMILES string of the molecule is Cc1ccc(N2CCC(N(C)C(=O)OC(C)(C)C)CC2)nn1. The lowest BCUT2D eigenvalue weighted by molar-refractivity contribution is 0.0201. The summed E-state index contributed by atoms with van der Waals surface area (Å²) in [7, 11) is 1.82. The van der Waals surface area contributed by atoms with Gasteiger partial charge in [-0.25, -0.2) is 4.79 Å². The number of piperidine rings is 1. The molecular formula is C16H26N4O2. The lowest BCUT2D eigenvalue weighted by Gasteiger charge is -2.37. The van der Waals surface area contributed by atoms with Crippen molar-refractivity contribution >= 4 is 11.9 Å². The number of carbonyl (C=O) groups excluding carboxylic acids is 1. The van der Waals surface area contributed by atoms with E-state index in [9.17, 15) is 4.79 Å². The highest BCUT2D eigenvalue weighted by atomic mass is 16.6. The zero-order valence-electron chi connectivity index (χ0n) is 14.2. The summed E-state index contributed by atoms with van der Waals surface area (Å²) >= 11 is 0. The summed E-state index contributed by atoms with van der Waals surface area (Å²) in [6.45, 7) is 9.33. The summed E-state index contributed by atoms with van der Waals surface area (Å²) in [4.78, 5) is 16.1. The summed E-state index contributed by atoms with van der Waals surface area (Å²) in [5.41, 5.74) is 0.465. The van der Waals surface area contributed by atoms with E-state index in [1.165, 1.54) is 0 Å². The highest BCUT2D eigenvalue weighted by Crippen LogP contribution is 2.21. The van der Waals surface area contributed by atoms with Crippen LogP contribution in [0, 0.1) is 6.92 Å². The largest absolute Gasteiger partial charge is 0.444 e. The summed E-state index contributed by atoms with van der Waals surface area (Å²) in [5.74, 6) is 0.906. The fraction of sp³-hybridized carbons (Fsp3) is 0.688. The van der Waals surface area contributed by atoms with Crippen molar-refractivity contribution in [2.75, 3.05) is 25.0 Å². The van der Waals surface area contributed by atoms with E-state index in [2.05, 4.69) is 15.1 Å². The third-order valence-corrected chi connectivity index (χ3v) is 3.80. The van der Waals surface area contributed by atoms with Gasteiger partial charge in [0, 0.05) is 26.2 Å². The highest BCUT2D eigenvalue weighted by Gasteiger charge is 2.28. The van der Waals surface area contributed by atoms with Gasteiger partial charge in [-0.05, 0) is 52.7 Å². The fourth-order valence-corrected chi connectivity index (χ4v) is 2.53. The van der Waals surface area contributed by atoms with E-state index in [-0.39, 0.29) is 12.1 Å². The van der Waals surface area contributed by atoms with Crippen LogP contribution in [0.25, 0.3) is 0 Å². The molecule has 6 heteroatoms. The number of ether oxygens (including phenoxy) is 1. The first kappa shape index (κ1) is 16.5. The van der Waals surface area contributed by atoms with Gasteiger partial charge in [-0.3, -0.25) is 0 Å². The molecule has 0 saturated carbocycles. The molecule has 1 saturated heterocycles. The molecule has 0 aliphatic carbocycles. The summed E-state index contributed by atoms with van der Waals surface area (Å²) in [6.07, 6.45) is 1.57. The van der Waals surface area contributed by atoms with Gasteiger partial charge in [0.2, 0.25) is 0 Å². The van der Waals surface area contributed by atoms with Gasteiger partial charge in [0.15, 0.2) is 5.82 Å². The molecule has 1 fully saturated rings. The second kappa shape index (κ2) is 6.50. The maximum absolute atomic E-state index is 12.1. The van der Waals surface area contributed by atoms with E-state index in [1.54, 1.807) is 4.90 Å². The molecule has 2 heterocycles. The molecule has 0 aromatic carbocycles. The first-order valence-corrected chi connectivity index (χ1v) is 7.77. The molecule has 1 aromatic rings. The standard InChI is InChI=1S/C16H26N4O2/c1-12-6-7-14(18-17-12)20-10-8-13(9-11-20)19(5)15(21)22-16(2,3)4/h6-7,13H,8-11H2,1-5H3. The van der Waals surface area contributed by atoms with Crippen molar-refractivity contribution in [3.8, 4) is 0 Å². The Hall–Kier alpha value is -1.85. The summed E-state index contributed by atoms with van der Waals surface area (Å²) in [6, 6.07) is 4.19. The van der Waals surface area contributed by atoms with E-state index >= 15 is 0 Å². The van der Waals surface area contributed by atoms with Gasteiger partial charge >= 0.3 is 6.09 Å². The Bertz CT molecular complexity index is 502. The molecule has 122 valence electrons. The third kappa shape index (κ3) is 4.32. The topological polar surface area (TPSA) is 58.6 Å². The minimum absolute atomic E-state index is 0.213. The van der Waals surface area contributed by atoms with Crippen LogP contribution in [0.4, 0.5) is 10.6 Å². The van der Waals surface area contributed by atoms with Crippen LogP contribution in [-0.2, 0) is 4.74 Å². The van der Waals surface area contributed by atoms with Crippen molar-refractivity contribution in [3.05, 3.63) is 17.8 Å². The van der Waals surface area contributed by atoms with E-state index in [1.807, 2.05) is 46.9 Å². The van der Waals surface area contributed by atoms with E-state index in [4.69, 9.17) is 4.74 Å². The quantitative estimate of drug-likeness (QED) is 0.840. The number of hydrogen-bond acceptors (Lipinski definition) is 5. The first-order chi connectivity index (χ1) is 10.3. The minimum atomic E-state index is -0.455. The third-order valence-electron chi connectivity index (χ3n) is 3.80. The molecule has 1 aromatic heterocycles. The van der Waals surface area contributed by atoms with Crippen LogP contribution >= 0.6 is 0 Å². The Morgan fingerprint density at radius 2 is 1.91 bits per heavy atom. The Morgan fingerprint density at radius 3 is 2.41 bits per heavy atom. The molecule has 0 bridgehead atoms. The molecule has 1 aliphatic rings. The fourth-order valence-electron chi connectivity index (χ4n) is 2.53. The lowest BCUT2D eigenvalue weighted by Crippen LogP contribution is -2.47. The lowest BCUT2D eigenvalue weighted by atomic mass is 10.0. The van der Waals surface area contributed by atoms with Crippen molar-refractivity contribution in [2.24, 2.45) is 0 Å². The van der Waals surface area contributed by atoms with Gasteiger partial charge in [-0.1, -0.05) is 0 Å². The van der Waals surface area contributed by atoms with Gasteiger partial charge in [-0.2, -0.15) is 5.10 Å². The number of anilines is 1. The number of aryl methyl sites for hydroxylation is 1. The predicted molar refractivity (Wildman–Crippen MR) is 86.0 cm³/mol. The van der Waals surface area contributed by atoms with Crippen LogP contribution in [-0.4, -0.2) is 53.0 Å². The average molecular weight is 306 g/mol. The van der Waals surface area contributed by atoms with Crippen LogP contribution in [0.3, 0.4) is 0 Å². The van der Waals surface area contributed by atoms with E-state index < -0.39 is 5.60 Å². The molecule has 1 amide bonds. The smallest absolute Gasteiger partial charge is 0.410 e. The molecule has 0 radical (unpaired) electrons. The Kier molecular flexibility index (Phi) is 4.88. The second-order valence-corrected chi connectivity index (χ2v) is 6.84. The first-order valence-electron chi connectivity index (χ1n) is 7.77. The second-order valence-electron chi connectivity index (χ2n) is 6.84.